The van der Waals surface area contributed by atoms with Gasteiger partial charge in [0.15, 0.2) is 0 Å². The van der Waals surface area contributed by atoms with Crippen molar-refractivity contribution in [3.05, 3.63) is 23.5 Å². The van der Waals surface area contributed by atoms with E-state index in [9.17, 15) is 22.0 Å². The summed E-state index contributed by atoms with van der Waals surface area (Å²) in [5, 5.41) is -4.13. The molecule has 0 bridgehead atoms. The van der Waals surface area contributed by atoms with Gasteiger partial charge in [0.25, 0.3) is 11.9 Å². The van der Waals surface area contributed by atoms with Crippen LogP contribution in [0.25, 0.3) is 0 Å². The van der Waals surface area contributed by atoms with Crippen LogP contribution in [-0.2, 0) is 5.38 Å². The summed E-state index contributed by atoms with van der Waals surface area (Å²) in [6, 6.07) is 0. The lowest BCUT2D eigenvalue weighted by Gasteiger charge is -2.05. The van der Waals surface area contributed by atoms with Crippen molar-refractivity contribution in [2.24, 2.45) is 0 Å². The van der Waals surface area contributed by atoms with E-state index in [1.54, 1.807) is 0 Å². The Balaban J connectivity index is 3.29. The van der Waals surface area contributed by atoms with Crippen LogP contribution in [0.15, 0.2) is 0 Å². The van der Waals surface area contributed by atoms with E-state index in [1.807, 2.05) is 0 Å². The molecule has 0 atom stereocenters. The molecule has 2 nitrogen and oxygen atoms in total. The topological polar surface area (TPSA) is 25.8 Å². The summed E-state index contributed by atoms with van der Waals surface area (Å²) in [5.41, 5.74) is 0. The molecule has 1 aromatic rings. The van der Waals surface area contributed by atoms with Crippen LogP contribution in [0, 0.1) is 17.7 Å². The first-order chi connectivity index (χ1) is 5.82. The van der Waals surface area contributed by atoms with E-state index in [1.165, 1.54) is 0 Å². The van der Waals surface area contributed by atoms with Gasteiger partial charge in [-0.25, -0.2) is 0 Å². The second-order valence-corrected chi connectivity index (χ2v) is 2.42. The average molecular weight is 219 g/mol. The molecule has 0 radical (unpaired) electrons. The zero-order chi connectivity index (χ0) is 10.2. The van der Waals surface area contributed by atoms with Crippen LogP contribution < -0.4 is 0 Å². The fraction of sp³-hybridized carbons (Fsp3) is 0.200. The van der Waals surface area contributed by atoms with Crippen LogP contribution in [0.1, 0.15) is 5.82 Å². The molecule has 0 aliphatic rings. The lowest BCUT2D eigenvalue weighted by molar-refractivity contribution is 0.0809. The molecule has 0 aliphatic heterocycles. The Morgan fingerprint density at radius 2 is 1.38 bits per heavy atom. The van der Waals surface area contributed by atoms with Gasteiger partial charge in [-0.2, -0.15) is 31.9 Å². The second-order valence-electron chi connectivity index (χ2n) is 1.94. The van der Waals surface area contributed by atoms with Crippen molar-refractivity contribution in [1.82, 2.24) is 9.97 Å². The minimum absolute atomic E-state index is 1.62. The molecule has 1 heterocycles. The van der Waals surface area contributed by atoms with Crippen LogP contribution in [-0.4, -0.2) is 9.97 Å². The Kier molecular flexibility index (Phi) is 2.38. The highest BCUT2D eigenvalue weighted by Crippen LogP contribution is 2.29. The van der Waals surface area contributed by atoms with Crippen molar-refractivity contribution in [2.75, 3.05) is 0 Å². The molecule has 0 N–H and O–H groups in total. The third-order valence-corrected chi connectivity index (χ3v) is 1.19. The minimum Gasteiger partial charge on any atom is -0.197 e. The fourth-order valence-electron chi connectivity index (χ4n) is 0.521. The standard InChI is InChI=1S/C5ClF5N2/c6-5(10,11)4-12-2(8)1(7)3(9)13-4. The van der Waals surface area contributed by atoms with Gasteiger partial charge >= 0.3 is 5.38 Å². The van der Waals surface area contributed by atoms with Crippen LogP contribution in [0.4, 0.5) is 22.0 Å². The number of alkyl halides is 3. The molecule has 0 aromatic carbocycles. The summed E-state index contributed by atoms with van der Waals surface area (Å²) in [7, 11) is 0. The maximum Gasteiger partial charge on any atom is 0.381 e. The quantitative estimate of drug-likeness (QED) is 0.410. The predicted molar refractivity (Wildman–Crippen MR) is 31.7 cm³/mol. The van der Waals surface area contributed by atoms with Gasteiger partial charge in [-0.15, -0.1) is 0 Å². The monoisotopic (exact) mass is 218 g/mol. The van der Waals surface area contributed by atoms with Gasteiger partial charge in [-0.3, -0.25) is 0 Å². The van der Waals surface area contributed by atoms with Gasteiger partial charge in [-0.05, 0) is 11.6 Å². The van der Waals surface area contributed by atoms with E-state index in [2.05, 4.69) is 21.6 Å². The summed E-state index contributed by atoms with van der Waals surface area (Å²) in [4.78, 5) is 4.66. The van der Waals surface area contributed by atoms with E-state index in [0.29, 0.717) is 0 Å². The lowest BCUT2D eigenvalue weighted by atomic mass is 10.5. The van der Waals surface area contributed by atoms with E-state index < -0.39 is 28.9 Å². The van der Waals surface area contributed by atoms with E-state index in [0.717, 1.165) is 0 Å². The summed E-state index contributed by atoms with van der Waals surface area (Å²) in [5.74, 6) is -7.67. The van der Waals surface area contributed by atoms with Crippen molar-refractivity contribution < 1.29 is 22.0 Å². The van der Waals surface area contributed by atoms with Gasteiger partial charge < -0.3 is 0 Å². The first-order valence-corrected chi connectivity index (χ1v) is 3.16. The second kappa shape index (κ2) is 3.06. The number of hydrogen-bond donors (Lipinski definition) is 0. The molecule has 13 heavy (non-hydrogen) atoms. The summed E-state index contributed by atoms with van der Waals surface area (Å²) in [6.45, 7) is 0. The SMILES string of the molecule is Fc1nc(C(F)(F)Cl)nc(F)c1F. The highest BCUT2D eigenvalue weighted by Gasteiger charge is 2.34. The average Bonchev–Trinajstić information content (AvgIpc) is 1.97. The molecule has 1 aromatic heterocycles. The Morgan fingerprint density at radius 3 is 1.69 bits per heavy atom. The normalized spacial score (nSPS) is 11.8. The minimum atomic E-state index is -4.13. The van der Waals surface area contributed by atoms with E-state index in [-0.39, 0.29) is 0 Å². The third-order valence-electron chi connectivity index (χ3n) is 1.02. The number of hydrogen-bond acceptors (Lipinski definition) is 2. The number of halogens is 6. The molecular weight excluding hydrogens is 219 g/mol. The first kappa shape index (κ1) is 10.1. The number of aromatic nitrogens is 2. The number of nitrogens with zero attached hydrogens (tertiary/aromatic N) is 2. The molecule has 0 spiro atoms. The molecule has 0 aliphatic carbocycles. The van der Waals surface area contributed by atoms with Crippen molar-refractivity contribution in [1.29, 1.82) is 0 Å². The van der Waals surface area contributed by atoms with E-state index in [4.69, 9.17) is 0 Å². The molecule has 1 rings (SSSR count). The van der Waals surface area contributed by atoms with Gasteiger partial charge in [0.05, 0.1) is 0 Å². The number of rotatable bonds is 1. The molecule has 0 saturated carbocycles. The summed E-state index contributed by atoms with van der Waals surface area (Å²) < 4.78 is 60.8. The molecule has 72 valence electrons. The van der Waals surface area contributed by atoms with Crippen molar-refractivity contribution in [3.63, 3.8) is 0 Å². The Hall–Kier alpha value is -0.980. The maximum absolute atomic E-state index is 12.2. The molecule has 8 heteroatoms. The van der Waals surface area contributed by atoms with Crippen molar-refractivity contribution >= 4 is 11.6 Å². The van der Waals surface area contributed by atoms with Crippen molar-refractivity contribution in [3.8, 4) is 0 Å². The summed E-state index contributed by atoms with van der Waals surface area (Å²) >= 11 is 4.34. The molecule has 0 unspecified atom stereocenters. The van der Waals surface area contributed by atoms with Crippen LogP contribution in [0.2, 0.25) is 0 Å². The zero-order valence-corrected chi connectivity index (χ0v) is 6.42. The first-order valence-electron chi connectivity index (χ1n) is 2.78. The Bertz CT molecular complexity index is 313. The smallest absolute Gasteiger partial charge is 0.197 e. The third kappa shape index (κ3) is 2.03. The van der Waals surface area contributed by atoms with Crippen LogP contribution in [0.3, 0.4) is 0 Å². The summed E-state index contributed by atoms with van der Waals surface area (Å²) in [6.07, 6.45) is 0. The fourth-order valence-corrected chi connectivity index (χ4v) is 0.606. The lowest BCUT2D eigenvalue weighted by Crippen LogP contribution is -2.14. The van der Waals surface area contributed by atoms with Crippen LogP contribution >= 0.6 is 11.6 Å². The maximum atomic E-state index is 12.2. The zero-order valence-electron chi connectivity index (χ0n) is 5.66. The van der Waals surface area contributed by atoms with Gasteiger partial charge in [0.2, 0.25) is 11.6 Å². The highest BCUT2D eigenvalue weighted by atomic mass is 35.5. The predicted octanol–water partition coefficient (Wildman–Crippen LogP) is 2.18. The van der Waals surface area contributed by atoms with Gasteiger partial charge in [0.1, 0.15) is 0 Å². The van der Waals surface area contributed by atoms with Crippen LogP contribution in [0.5, 0.6) is 0 Å². The van der Waals surface area contributed by atoms with E-state index >= 15 is 0 Å². The Morgan fingerprint density at radius 1 is 1.00 bits per heavy atom. The highest BCUT2D eigenvalue weighted by molar-refractivity contribution is 6.21. The Labute approximate surface area is 73.4 Å². The van der Waals surface area contributed by atoms with Crippen molar-refractivity contribution in [2.45, 2.75) is 5.38 Å². The van der Waals surface area contributed by atoms with Gasteiger partial charge in [-0.1, -0.05) is 0 Å². The molecule has 0 fully saturated rings. The largest absolute Gasteiger partial charge is 0.381 e. The molecule has 0 saturated heterocycles. The molecular formula is C5ClF5N2. The molecule has 0 amide bonds. The van der Waals surface area contributed by atoms with Gasteiger partial charge in [0, 0.05) is 0 Å².